The van der Waals surface area contributed by atoms with Gasteiger partial charge in [-0.1, -0.05) is 15.9 Å². The number of hydrogen-bond acceptors (Lipinski definition) is 3. The summed E-state index contributed by atoms with van der Waals surface area (Å²) in [6, 6.07) is 8.06. The lowest BCUT2D eigenvalue weighted by atomic mass is 10.1. The first kappa shape index (κ1) is 12.4. The van der Waals surface area contributed by atoms with E-state index in [2.05, 4.69) is 34.2 Å². The van der Waals surface area contributed by atoms with E-state index in [1.165, 1.54) is 0 Å². The fraction of sp³-hybridized carbons (Fsp3) is 0.462. The van der Waals surface area contributed by atoms with Gasteiger partial charge in [0.05, 0.1) is 17.7 Å². The second-order valence-corrected chi connectivity index (χ2v) is 5.24. The van der Waals surface area contributed by atoms with E-state index in [1.54, 1.807) is 0 Å². The van der Waals surface area contributed by atoms with Crippen LogP contribution in [-0.2, 0) is 4.74 Å². The van der Waals surface area contributed by atoms with Gasteiger partial charge in [-0.05, 0) is 38.0 Å². The van der Waals surface area contributed by atoms with Crippen LogP contribution in [0.2, 0.25) is 0 Å². The maximum atomic E-state index is 8.91. The second kappa shape index (κ2) is 5.52. The van der Waals surface area contributed by atoms with E-state index in [0.29, 0.717) is 5.56 Å². The van der Waals surface area contributed by atoms with Gasteiger partial charge in [-0.2, -0.15) is 5.26 Å². The summed E-state index contributed by atoms with van der Waals surface area (Å²) in [7, 11) is 0. The number of anilines is 1. The highest BCUT2D eigenvalue weighted by Gasteiger charge is 2.22. The van der Waals surface area contributed by atoms with Crippen molar-refractivity contribution in [2.45, 2.75) is 31.9 Å². The first-order chi connectivity index (χ1) is 8.19. The molecule has 4 heteroatoms. The number of ether oxygens (including phenoxy) is 1. The van der Waals surface area contributed by atoms with Gasteiger partial charge in [0.25, 0.3) is 0 Å². The zero-order valence-electron chi connectivity index (χ0n) is 9.74. The average Bonchev–Trinajstić information content (AvgIpc) is 2.81. The number of rotatable bonds is 3. The van der Waals surface area contributed by atoms with Crippen LogP contribution in [0.4, 0.5) is 5.69 Å². The van der Waals surface area contributed by atoms with Crippen LogP contribution in [0.5, 0.6) is 0 Å². The van der Waals surface area contributed by atoms with Crippen molar-refractivity contribution in [3.05, 3.63) is 28.2 Å². The predicted molar refractivity (Wildman–Crippen MR) is 70.9 cm³/mol. The lowest BCUT2D eigenvalue weighted by Crippen LogP contribution is -2.29. The van der Waals surface area contributed by atoms with Crippen LogP contribution >= 0.6 is 15.9 Å². The van der Waals surface area contributed by atoms with Crippen molar-refractivity contribution in [2.24, 2.45) is 0 Å². The highest BCUT2D eigenvalue weighted by atomic mass is 79.9. The lowest BCUT2D eigenvalue weighted by Gasteiger charge is -2.21. The molecule has 1 aromatic rings. The summed E-state index contributed by atoms with van der Waals surface area (Å²) < 4.78 is 6.55. The largest absolute Gasteiger partial charge is 0.380 e. The molecule has 1 aliphatic rings. The minimum atomic E-state index is 0.262. The Bertz CT molecular complexity index is 436. The number of halogens is 1. The monoisotopic (exact) mass is 294 g/mol. The summed E-state index contributed by atoms with van der Waals surface area (Å²) >= 11 is 3.40. The van der Waals surface area contributed by atoms with Crippen molar-refractivity contribution in [2.75, 3.05) is 11.9 Å². The Hall–Kier alpha value is -1.05. The van der Waals surface area contributed by atoms with Crippen molar-refractivity contribution >= 4 is 21.6 Å². The number of hydrogen-bond donors (Lipinski definition) is 1. The molecule has 1 N–H and O–H groups in total. The molecular weight excluding hydrogens is 280 g/mol. The molecule has 90 valence electrons. The normalized spacial score (nSPS) is 20.9. The van der Waals surface area contributed by atoms with Crippen molar-refractivity contribution in [3.63, 3.8) is 0 Å². The maximum Gasteiger partial charge on any atom is 0.0992 e. The van der Waals surface area contributed by atoms with Crippen LogP contribution in [0.1, 0.15) is 25.3 Å². The molecule has 0 amide bonds. The Morgan fingerprint density at radius 1 is 1.53 bits per heavy atom. The van der Waals surface area contributed by atoms with Crippen LogP contribution in [-0.4, -0.2) is 18.8 Å². The molecule has 1 heterocycles. The first-order valence-corrected chi connectivity index (χ1v) is 6.57. The van der Waals surface area contributed by atoms with E-state index < -0.39 is 0 Å². The number of nitrogens with one attached hydrogen (secondary N) is 1. The van der Waals surface area contributed by atoms with Gasteiger partial charge in [-0.15, -0.1) is 0 Å². The maximum absolute atomic E-state index is 8.91. The summed E-state index contributed by atoms with van der Waals surface area (Å²) in [5.74, 6) is 0. The molecule has 1 saturated heterocycles. The Balaban J connectivity index is 2.07. The molecule has 2 rings (SSSR count). The first-order valence-electron chi connectivity index (χ1n) is 5.78. The Morgan fingerprint density at radius 2 is 2.35 bits per heavy atom. The van der Waals surface area contributed by atoms with Gasteiger partial charge in [0.15, 0.2) is 0 Å². The molecule has 0 bridgehead atoms. The molecule has 3 nitrogen and oxygen atoms in total. The third-order valence-electron chi connectivity index (χ3n) is 2.94. The summed E-state index contributed by atoms with van der Waals surface area (Å²) in [5.41, 5.74) is 1.61. The quantitative estimate of drug-likeness (QED) is 0.930. The lowest BCUT2D eigenvalue weighted by molar-refractivity contribution is 0.0996. The van der Waals surface area contributed by atoms with Gasteiger partial charge in [0.2, 0.25) is 0 Å². The minimum Gasteiger partial charge on any atom is -0.380 e. The smallest absolute Gasteiger partial charge is 0.0992 e. The van der Waals surface area contributed by atoms with Crippen LogP contribution < -0.4 is 5.32 Å². The van der Waals surface area contributed by atoms with E-state index >= 15 is 0 Å². The summed E-state index contributed by atoms with van der Waals surface area (Å²) in [5, 5.41) is 12.3. The molecular formula is C13H15BrN2O. The highest BCUT2D eigenvalue weighted by Crippen LogP contribution is 2.23. The molecule has 1 fully saturated rings. The zero-order chi connectivity index (χ0) is 12.3. The molecule has 2 atom stereocenters. The fourth-order valence-electron chi connectivity index (χ4n) is 2.09. The van der Waals surface area contributed by atoms with Crippen molar-refractivity contribution < 1.29 is 4.74 Å². The predicted octanol–water partition coefficient (Wildman–Crippen LogP) is 3.30. The van der Waals surface area contributed by atoms with Gasteiger partial charge in [-0.3, -0.25) is 0 Å². The summed E-state index contributed by atoms with van der Waals surface area (Å²) in [6.45, 7) is 2.97. The standard InChI is InChI=1S/C13H15BrN2O/c1-9(13-3-2-4-17-13)16-12-6-10(8-15)5-11(14)7-12/h5-7,9,13,16H,2-4H2,1H3. The number of nitrogens with zero attached hydrogens (tertiary/aromatic N) is 1. The third kappa shape index (κ3) is 3.21. The van der Waals surface area contributed by atoms with Crippen LogP contribution in [0.25, 0.3) is 0 Å². The molecule has 17 heavy (non-hydrogen) atoms. The molecule has 0 radical (unpaired) electrons. The second-order valence-electron chi connectivity index (χ2n) is 4.32. The van der Waals surface area contributed by atoms with Gasteiger partial charge in [0, 0.05) is 22.8 Å². The average molecular weight is 295 g/mol. The Labute approximate surface area is 110 Å². The van der Waals surface area contributed by atoms with E-state index in [1.807, 2.05) is 18.2 Å². The van der Waals surface area contributed by atoms with Gasteiger partial charge < -0.3 is 10.1 Å². The molecule has 1 aliphatic heterocycles. The molecule has 1 aromatic carbocycles. The zero-order valence-corrected chi connectivity index (χ0v) is 11.3. The summed E-state index contributed by atoms with van der Waals surface area (Å²) in [4.78, 5) is 0. The van der Waals surface area contributed by atoms with Gasteiger partial charge >= 0.3 is 0 Å². The minimum absolute atomic E-state index is 0.262. The molecule has 0 aliphatic carbocycles. The third-order valence-corrected chi connectivity index (χ3v) is 3.40. The van der Waals surface area contributed by atoms with E-state index in [-0.39, 0.29) is 12.1 Å². The SMILES string of the molecule is CC(Nc1cc(Br)cc(C#N)c1)C1CCCO1. The van der Waals surface area contributed by atoms with Crippen molar-refractivity contribution in [1.29, 1.82) is 5.26 Å². The molecule has 0 saturated carbocycles. The highest BCUT2D eigenvalue weighted by molar-refractivity contribution is 9.10. The molecule has 0 spiro atoms. The molecule has 0 aromatic heterocycles. The Kier molecular flexibility index (Phi) is 4.03. The van der Waals surface area contributed by atoms with Crippen molar-refractivity contribution in [1.82, 2.24) is 0 Å². The van der Waals surface area contributed by atoms with E-state index in [4.69, 9.17) is 10.00 Å². The summed E-state index contributed by atoms with van der Waals surface area (Å²) in [6.07, 6.45) is 2.52. The van der Waals surface area contributed by atoms with E-state index in [0.717, 1.165) is 29.6 Å². The van der Waals surface area contributed by atoms with Crippen molar-refractivity contribution in [3.8, 4) is 6.07 Å². The van der Waals surface area contributed by atoms with E-state index in [9.17, 15) is 0 Å². The Morgan fingerprint density at radius 3 is 3.00 bits per heavy atom. The molecule has 2 unspecified atom stereocenters. The van der Waals surface area contributed by atoms with Gasteiger partial charge in [-0.25, -0.2) is 0 Å². The number of nitriles is 1. The fourth-order valence-corrected chi connectivity index (χ4v) is 2.58. The number of benzene rings is 1. The van der Waals surface area contributed by atoms with Crippen LogP contribution in [0, 0.1) is 11.3 Å². The van der Waals surface area contributed by atoms with Crippen LogP contribution in [0.15, 0.2) is 22.7 Å². The topological polar surface area (TPSA) is 45.0 Å². The van der Waals surface area contributed by atoms with Crippen LogP contribution in [0.3, 0.4) is 0 Å². The van der Waals surface area contributed by atoms with Gasteiger partial charge in [0.1, 0.15) is 0 Å².